The van der Waals surface area contributed by atoms with Gasteiger partial charge >= 0.3 is 0 Å². The van der Waals surface area contributed by atoms with Gasteiger partial charge in [0.2, 0.25) is 5.69 Å². The molecule has 0 aliphatic carbocycles. The van der Waals surface area contributed by atoms with E-state index in [1.807, 2.05) is 54.6 Å². The molecule has 0 spiro atoms. The maximum atomic E-state index is 16.2. The highest BCUT2D eigenvalue weighted by Gasteiger charge is 2.24. The highest BCUT2D eigenvalue weighted by atomic mass is 19.1. The lowest BCUT2D eigenvalue weighted by molar-refractivity contribution is 0.627. The Morgan fingerprint density at radius 3 is 1.27 bits per heavy atom. The molecule has 0 atom stereocenters. The van der Waals surface area contributed by atoms with Crippen LogP contribution in [0.5, 0.6) is 0 Å². The van der Waals surface area contributed by atoms with Crippen LogP contribution >= 0.6 is 0 Å². The van der Waals surface area contributed by atoms with Gasteiger partial charge in [0.15, 0.2) is 0 Å². The lowest BCUT2D eigenvalue weighted by Gasteiger charge is -2.29. The van der Waals surface area contributed by atoms with Crippen molar-refractivity contribution < 1.29 is 17.6 Å². The summed E-state index contributed by atoms with van der Waals surface area (Å²) in [7, 11) is 0. The van der Waals surface area contributed by atoms with E-state index in [4.69, 9.17) is 6.57 Å². The van der Waals surface area contributed by atoms with Crippen LogP contribution in [0, 0.1) is 41.2 Å². The highest BCUT2D eigenvalue weighted by molar-refractivity contribution is 6.24. The number of nitriles is 1. The summed E-state index contributed by atoms with van der Waals surface area (Å²) in [6.45, 7) is 8.01. The SMILES string of the molecule is [C-]#[N+]c1ccccc1N(c1cc2ccc3cc(N(c4cc(-c5ccc(F)cc5)ccc4F)c4ccccc4C#N)cc4ccc(c1)c2c34)c1cc(-c2ccc(F)cc2)ccc1F. The molecule has 0 aliphatic heterocycles. The standard InChI is InChI=1S/C54H30F4N4/c1-60-48-7-3-5-9-50(48)62(52-31-36(19-25-47(52)58)34-16-22-43(56)23-17-34)45-28-39-12-10-37-26-44(27-38-11-13-40(29-45)54(39)53(37)38)61(49-8-4-2-6-41(49)32-59)51-30-35(18-24-46(51)57)33-14-20-42(55)21-15-33/h2-31H. The van der Waals surface area contributed by atoms with Crippen LogP contribution in [0.3, 0.4) is 0 Å². The second-order valence-corrected chi connectivity index (χ2v) is 14.9. The first kappa shape index (κ1) is 37.8. The van der Waals surface area contributed by atoms with E-state index < -0.39 is 11.6 Å². The number of hydrogen-bond acceptors (Lipinski definition) is 3. The van der Waals surface area contributed by atoms with Crippen LogP contribution in [0.1, 0.15) is 5.56 Å². The molecule has 0 radical (unpaired) electrons. The summed E-state index contributed by atoms with van der Waals surface area (Å²) in [4.78, 5) is 7.29. The van der Waals surface area contributed by atoms with Gasteiger partial charge in [-0.1, -0.05) is 91.0 Å². The zero-order valence-corrected chi connectivity index (χ0v) is 32.6. The van der Waals surface area contributed by atoms with E-state index in [1.165, 1.54) is 36.4 Å². The molecule has 8 heteroatoms. The molecule has 0 aromatic heterocycles. The highest BCUT2D eigenvalue weighted by Crippen LogP contribution is 2.48. The van der Waals surface area contributed by atoms with Crippen LogP contribution in [0.15, 0.2) is 182 Å². The van der Waals surface area contributed by atoms with Gasteiger partial charge in [-0.05, 0) is 146 Å². The van der Waals surface area contributed by atoms with E-state index >= 15 is 8.78 Å². The third-order valence-corrected chi connectivity index (χ3v) is 11.3. The maximum Gasteiger partial charge on any atom is 0.210 e. The summed E-state index contributed by atoms with van der Waals surface area (Å²) in [6.07, 6.45) is 0. The number of anilines is 6. The Balaban J connectivity index is 1.15. The van der Waals surface area contributed by atoms with Gasteiger partial charge in [-0.25, -0.2) is 22.4 Å². The number of hydrogen-bond donors (Lipinski definition) is 0. The third-order valence-electron chi connectivity index (χ3n) is 11.3. The van der Waals surface area contributed by atoms with Crippen molar-refractivity contribution in [2.24, 2.45) is 0 Å². The molecule has 0 saturated heterocycles. The molecule has 10 aromatic rings. The van der Waals surface area contributed by atoms with Gasteiger partial charge in [-0.15, -0.1) is 0 Å². The molecule has 0 amide bonds. The first-order valence-corrected chi connectivity index (χ1v) is 19.7. The van der Waals surface area contributed by atoms with Gasteiger partial charge in [0.1, 0.15) is 29.3 Å². The van der Waals surface area contributed by atoms with Crippen LogP contribution in [0.4, 0.5) is 57.4 Å². The van der Waals surface area contributed by atoms with Crippen molar-refractivity contribution in [1.29, 1.82) is 5.26 Å². The van der Waals surface area contributed by atoms with E-state index in [0.717, 1.165) is 32.3 Å². The van der Waals surface area contributed by atoms with Crippen molar-refractivity contribution in [2.45, 2.75) is 0 Å². The Hall–Kier alpha value is -8.46. The number of benzene rings is 10. The van der Waals surface area contributed by atoms with Crippen molar-refractivity contribution in [3.05, 3.63) is 222 Å². The third kappa shape index (κ3) is 6.57. The number of halogens is 4. The Bertz CT molecular complexity index is 3150. The van der Waals surface area contributed by atoms with E-state index in [2.05, 4.69) is 10.9 Å². The summed E-state index contributed by atoms with van der Waals surface area (Å²) in [5.41, 5.74) is 6.08. The van der Waals surface area contributed by atoms with Crippen molar-refractivity contribution in [1.82, 2.24) is 0 Å². The molecule has 294 valence electrons. The Morgan fingerprint density at radius 2 is 0.823 bits per heavy atom. The van der Waals surface area contributed by atoms with Crippen LogP contribution in [-0.4, -0.2) is 0 Å². The molecule has 0 saturated carbocycles. The molecule has 0 aliphatic rings. The first-order chi connectivity index (χ1) is 30.3. The molecule has 0 unspecified atom stereocenters. The van der Waals surface area contributed by atoms with Crippen molar-refractivity contribution in [2.75, 3.05) is 9.80 Å². The molecule has 0 heterocycles. The quantitative estimate of drug-likeness (QED) is 0.0871. The largest absolute Gasteiger partial charge is 0.318 e. The van der Waals surface area contributed by atoms with Crippen LogP contribution in [0.2, 0.25) is 0 Å². The number of para-hydroxylation sites is 3. The second kappa shape index (κ2) is 15.3. The minimum absolute atomic E-state index is 0.211. The van der Waals surface area contributed by atoms with Gasteiger partial charge in [0, 0.05) is 11.4 Å². The van der Waals surface area contributed by atoms with Crippen LogP contribution in [0.25, 0.3) is 59.4 Å². The molecule has 62 heavy (non-hydrogen) atoms. The fourth-order valence-corrected chi connectivity index (χ4v) is 8.40. The fourth-order valence-electron chi connectivity index (χ4n) is 8.40. The number of nitrogens with zero attached hydrogens (tertiary/aromatic N) is 4. The zero-order valence-electron chi connectivity index (χ0n) is 32.6. The van der Waals surface area contributed by atoms with Crippen LogP contribution in [-0.2, 0) is 0 Å². The molecule has 10 rings (SSSR count). The minimum atomic E-state index is -0.509. The topological polar surface area (TPSA) is 34.6 Å². The molecular weight excluding hydrogens is 781 g/mol. The maximum absolute atomic E-state index is 16.2. The van der Waals surface area contributed by atoms with E-state index in [9.17, 15) is 14.0 Å². The van der Waals surface area contributed by atoms with Gasteiger partial charge in [0.25, 0.3) is 0 Å². The van der Waals surface area contributed by atoms with Gasteiger partial charge < -0.3 is 9.80 Å². The first-order valence-electron chi connectivity index (χ1n) is 19.7. The normalized spacial score (nSPS) is 11.2. The average molecular weight is 811 g/mol. The molecule has 4 nitrogen and oxygen atoms in total. The predicted molar refractivity (Wildman–Crippen MR) is 241 cm³/mol. The summed E-state index contributed by atoms with van der Waals surface area (Å²) in [5, 5.41) is 15.6. The predicted octanol–water partition coefficient (Wildman–Crippen LogP) is 15.8. The Labute approximate surface area is 354 Å². The summed E-state index contributed by atoms with van der Waals surface area (Å²) < 4.78 is 60.2. The fraction of sp³-hybridized carbons (Fsp3) is 0. The van der Waals surface area contributed by atoms with Crippen molar-refractivity contribution in [3.8, 4) is 28.3 Å². The lowest BCUT2D eigenvalue weighted by atomic mass is 9.92. The van der Waals surface area contributed by atoms with E-state index in [-0.39, 0.29) is 23.0 Å². The average Bonchev–Trinajstić information content (AvgIpc) is 3.30. The summed E-state index contributed by atoms with van der Waals surface area (Å²) in [6, 6.07) is 53.7. The van der Waals surface area contributed by atoms with Gasteiger partial charge in [0.05, 0.1) is 34.9 Å². The zero-order chi connectivity index (χ0) is 42.5. The molecular formula is C54H30F4N4. The monoisotopic (exact) mass is 810 g/mol. The Kier molecular flexibility index (Phi) is 9.32. The Morgan fingerprint density at radius 1 is 0.419 bits per heavy atom. The number of rotatable bonds is 8. The van der Waals surface area contributed by atoms with Gasteiger partial charge in [-0.3, -0.25) is 0 Å². The summed E-state index contributed by atoms with van der Waals surface area (Å²) in [5.74, 6) is -1.77. The van der Waals surface area contributed by atoms with Gasteiger partial charge in [-0.2, -0.15) is 5.26 Å². The molecule has 10 aromatic carbocycles. The molecule has 0 fully saturated rings. The van der Waals surface area contributed by atoms with E-state index in [0.29, 0.717) is 56.3 Å². The minimum Gasteiger partial charge on any atom is -0.318 e. The summed E-state index contributed by atoms with van der Waals surface area (Å²) >= 11 is 0. The second-order valence-electron chi connectivity index (χ2n) is 14.9. The lowest BCUT2D eigenvalue weighted by Crippen LogP contribution is -2.13. The molecule has 0 N–H and O–H groups in total. The van der Waals surface area contributed by atoms with E-state index in [1.54, 1.807) is 101 Å². The molecule has 0 bridgehead atoms. The van der Waals surface area contributed by atoms with Crippen molar-refractivity contribution in [3.63, 3.8) is 0 Å². The van der Waals surface area contributed by atoms with Crippen LogP contribution < -0.4 is 9.80 Å². The smallest absolute Gasteiger partial charge is 0.210 e. The van der Waals surface area contributed by atoms with Crippen molar-refractivity contribution >= 4 is 72.1 Å².